The highest BCUT2D eigenvalue weighted by Crippen LogP contribution is 2.44. The van der Waals surface area contributed by atoms with E-state index >= 15 is 0 Å². The van der Waals surface area contributed by atoms with Gasteiger partial charge in [-0.1, -0.05) is 48.5 Å². The summed E-state index contributed by atoms with van der Waals surface area (Å²) in [5, 5.41) is 11.2. The van der Waals surface area contributed by atoms with Gasteiger partial charge in [0, 0.05) is 12.3 Å². The summed E-state index contributed by atoms with van der Waals surface area (Å²) in [7, 11) is 0. The topological polar surface area (TPSA) is 119 Å². The first kappa shape index (κ1) is 19.3. The van der Waals surface area contributed by atoms with Gasteiger partial charge in [0.15, 0.2) is 6.17 Å². The minimum absolute atomic E-state index is 0.0128. The second-order valence-corrected chi connectivity index (χ2v) is 6.47. The van der Waals surface area contributed by atoms with Gasteiger partial charge in [0.25, 0.3) is 5.91 Å². The van der Waals surface area contributed by atoms with Crippen molar-refractivity contribution in [1.29, 1.82) is 0 Å². The molecule has 8 heteroatoms. The largest absolute Gasteiger partial charge is 0.480 e. The molecule has 2 atom stereocenters. The third-order valence-electron chi connectivity index (χ3n) is 4.69. The number of nitrogens with one attached hydrogen (secondary N) is 1. The smallest absolute Gasteiger partial charge is 0.407 e. The third kappa shape index (κ3) is 3.95. The van der Waals surface area contributed by atoms with E-state index in [-0.39, 0.29) is 12.5 Å². The Labute approximate surface area is 160 Å². The molecule has 2 aromatic carbocycles. The van der Waals surface area contributed by atoms with E-state index in [0.717, 1.165) is 22.3 Å². The van der Waals surface area contributed by atoms with Crippen LogP contribution in [0.2, 0.25) is 0 Å². The molecule has 1 aliphatic rings. The van der Waals surface area contributed by atoms with Crippen LogP contribution >= 0.6 is 0 Å². The summed E-state index contributed by atoms with van der Waals surface area (Å²) < 4.78 is 18.6. The van der Waals surface area contributed by atoms with Crippen molar-refractivity contribution in [3.63, 3.8) is 0 Å². The number of hydrogen-bond acceptors (Lipinski definition) is 4. The van der Waals surface area contributed by atoms with Crippen LogP contribution in [0.25, 0.3) is 11.1 Å². The van der Waals surface area contributed by atoms with Crippen molar-refractivity contribution >= 4 is 18.0 Å². The summed E-state index contributed by atoms with van der Waals surface area (Å²) >= 11 is 0. The lowest BCUT2D eigenvalue weighted by Crippen LogP contribution is -2.44. The van der Waals surface area contributed by atoms with Crippen LogP contribution < -0.4 is 11.1 Å². The number of alkyl halides is 1. The number of rotatable bonds is 7. The Hall–Kier alpha value is -3.42. The number of primary amides is 1. The van der Waals surface area contributed by atoms with Crippen molar-refractivity contribution < 1.29 is 28.6 Å². The van der Waals surface area contributed by atoms with Gasteiger partial charge in [0.05, 0.1) is 0 Å². The predicted molar refractivity (Wildman–Crippen MR) is 98.3 cm³/mol. The number of ether oxygens (including phenoxy) is 1. The maximum atomic E-state index is 13.4. The molecule has 28 heavy (non-hydrogen) atoms. The molecule has 0 saturated carbocycles. The van der Waals surface area contributed by atoms with Crippen LogP contribution in [0.3, 0.4) is 0 Å². The minimum Gasteiger partial charge on any atom is -0.480 e. The first-order valence-electron chi connectivity index (χ1n) is 8.66. The van der Waals surface area contributed by atoms with Gasteiger partial charge >= 0.3 is 12.1 Å². The molecule has 146 valence electrons. The minimum atomic E-state index is -2.19. The van der Waals surface area contributed by atoms with Gasteiger partial charge in [-0.2, -0.15) is 0 Å². The molecule has 0 spiro atoms. The van der Waals surface area contributed by atoms with Crippen LogP contribution in [0.4, 0.5) is 9.18 Å². The molecule has 4 N–H and O–H groups in total. The van der Waals surface area contributed by atoms with Crippen molar-refractivity contribution in [2.45, 2.75) is 24.6 Å². The van der Waals surface area contributed by atoms with Crippen LogP contribution in [0.15, 0.2) is 48.5 Å². The number of carboxylic acid groups (broad SMARTS) is 1. The van der Waals surface area contributed by atoms with Crippen molar-refractivity contribution in [1.82, 2.24) is 5.32 Å². The monoisotopic (exact) mass is 386 g/mol. The van der Waals surface area contributed by atoms with E-state index in [2.05, 4.69) is 5.32 Å². The maximum Gasteiger partial charge on any atom is 0.407 e. The molecule has 0 aliphatic heterocycles. The lowest BCUT2D eigenvalue weighted by Gasteiger charge is -2.18. The Balaban J connectivity index is 1.67. The number of benzene rings is 2. The highest BCUT2D eigenvalue weighted by molar-refractivity contribution is 5.83. The van der Waals surface area contributed by atoms with E-state index in [1.54, 1.807) is 0 Å². The Morgan fingerprint density at radius 1 is 1.07 bits per heavy atom. The molecule has 2 amide bonds. The van der Waals surface area contributed by atoms with E-state index in [9.17, 15) is 18.8 Å². The lowest BCUT2D eigenvalue weighted by atomic mass is 9.98. The number of carbonyl (C=O) groups is 3. The predicted octanol–water partition coefficient (Wildman–Crippen LogP) is 2.19. The summed E-state index contributed by atoms with van der Waals surface area (Å²) in [5.74, 6) is -2.97. The fraction of sp³-hybridized carbons (Fsp3) is 0.250. The van der Waals surface area contributed by atoms with Crippen molar-refractivity contribution in [3.8, 4) is 11.1 Å². The second kappa shape index (κ2) is 8.08. The molecule has 3 rings (SSSR count). The van der Waals surface area contributed by atoms with Gasteiger partial charge in [-0.25, -0.2) is 14.0 Å². The zero-order valence-electron chi connectivity index (χ0n) is 14.8. The van der Waals surface area contributed by atoms with E-state index in [0.29, 0.717) is 0 Å². The number of amides is 2. The standard InChI is InChI=1S/C20H19FN2O5/c21-16(18(22)24)9-17(19(25)26)23-20(27)28-10-15-13-7-3-1-5-11(13)12-6-2-4-8-14(12)15/h1-8,15-17H,9-10H2,(H2,22,24)(H,23,27)(H,25,26)/t16-,17-/m1/s1. The van der Waals surface area contributed by atoms with Crippen molar-refractivity contribution in [3.05, 3.63) is 59.7 Å². The van der Waals surface area contributed by atoms with Gasteiger partial charge in [0.1, 0.15) is 12.6 Å². The zero-order chi connectivity index (χ0) is 20.3. The van der Waals surface area contributed by atoms with Crippen molar-refractivity contribution in [2.24, 2.45) is 5.73 Å². The number of aliphatic carboxylic acids is 1. The molecule has 0 bridgehead atoms. The first-order chi connectivity index (χ1) is 13.4. The Morgan fingerprint density at radius 3 is 2.11 bits per heavy atom. The van der Waals surface area contributed by atoms with Crippen LogP contribution in [-0.4, -0.2) is 41.9 Å². The van der Waals surface area contributed by atoms with Crippen molar-refractivity contribution in [2.75, 3.05) is 6.61 Å². The van der Waals surface area contributed by atoms with Crippen LogP contribution in [0, 0.1) is 0 Å². The van der Waals surface area contributed by atoms with Crippen LogP contribution in [0.1, 0.15) is 23.5 Å². The van der Waals surface area contributed by atoms with Crippen LogP contribution in [-0.2, 0) is 14.3 Å². The molecule has 0 aromatic heterocycles. The maximum absolute atomic E-state index is 13.4. The zero-order valence-corrected chi connectivity index (χ0v) is 14.8. The quantitative estimate of drug-likeness (QED) is 0.674. The van der Waals surface area contributed by atoms with Gasteiger partial charge in [-0.3, -0.25) is 4.79 Å². The fourth-order valence-electron chi connectivity index (χ4n) is 3.33. The third-order valence-corrected chi connectivity index (χ3v) is 4.69. The van der Waals surface area contributed by atoms with E-state index in [1.165, 1.54) is 0 Å². The van der Waals surface area contributed by atoms with E-state index in [1.807, 2.05) is 48.5 Å². The number of nitrogens with two attached hydrogens (primary N) is 1. The molecule has 7 nitrogen and oxygen atoms in total. The molecule has 2 aromatic rings. The van der Waals surface area contributed by atoms with Gasteiger partial charge in [-0.15, -0.1) is 0 Å². The SMILES string of the molecule is NC(=O)[C@H](F)C[C@@H](NC(=O)OCC1c2ccccc2-c2ccccc21)C(=O)O. The molecular weight excluding hydrogens is 367 g/mol. The highest BCUT2D eigenvalue weighted by atomic mass is 19.1. The number of alkyl carbamates (subject to hydrolysis) is 1. The molecular formula is C20H19FN2O5. The highest BCUT2D eigenvalue weighted by Gasteiger charge is 2.31. The number of carbonyl (C=O) groups excluding carboxylic acids is 2. The number of halogens is 1. The Morgan fingerprint density at radius 2 is 1.61 bits per heavy atom. The fourth-order valence-corrected chi connectivity index (χ4v) is 3.33. The van der Waals surface area contributed by atoms with Crippen LogP contribution in [0.5, 0.6) is 0 Å². The second-order valence-electron chi connectivity index (χ2n) is 6.47. The Kier molecular flexibility index (Phi) is 5.58. The summed E-state index contributed by atoms with van der Waals surface area (Å²) in [5.41, 5.74) is 8.91. The molecule has 0 saturated heterocycles. The molecule has 0 radical (unpaired) electrons. The lowest BCUT2D eigenvalue weighted by molar-refractivity contribution is -0.140. The normalized spacial score (nSPS) is 14.5. The molecule has 0 heterocycles. The summed E-state index contributed by atoms with van der Waals surface area (Å²) in [6.07, 6.45) is -3.96. The van der Waals surface area contributed by atoms with Gasteiger partial charge < -0.3 is 20.9 Å². The molecule has 0 unspecified atom stereocenters. The first-order valence-corrected chi connectivity index (χ1v) is 8.66. The summed E-state index contributed by atoms with van der Waals surface area (Å²) in [6.45, 7) is -0.0128. The summed E-state index contributed by atoms with van der Waals surface area (Å²) in [4.78, 5) is 34.0. The number of carboxylic acids is 1. The van der Waals surface area contributed by atoms with Gasteiger partial charge in [-0.05, 0) is 22.3 Å². The van der Waals surface area contributed by atoms with E-state index in [4.69, 9.17) is 15.6 Å². The molecule has 1 aliphatic carbocycles. The number of fused-ring (bicyclic) bond motifs is 3. The van der Waals surface area contributed by atoms with E-state index < -0.39 is 36.6 Å². The molecule has 0 fully saturated rings. The average Bonchev–Trinajstić information content (AvgIpc) is 2.99. The summed E-state index contributed by atoms with van der Waals surface area (Å²) in [6, 6.07) is 13.9. The average molecular weight is 386 g/mol. The number of hydrogen-bond donors (Lipinski definition) is 3. The van der Waals surface area contributed by atoms with Gasteiger partial charge in [0.2, 0.25) is 0 Å². The Bertz CT molecular complexity index is 871.